The topological polar surface area (TPSA) is 98.5 Å². The van der Waals surface area contributed by atoms with Gasteiger partial charge >= 0.3 is 12.2 Å². The SMILES string of the molecule is CC1(C)C(=O)N(c2ccc(C#N)c(C(F)(F)F)c2)C(=O)N1Cc1ccccc1S(C)(=O)=O. The van der Waals surface area contributed by atoms with Crippen LogP contribution in [0.2, 0.25) is 0 Å². The van der Waals surface area contributed by atoms with Gasteiger partial charge in [-0.15, -0.1) is 0 Å². The largest absolute Gasteiger partial charge is 0.417 e. The van der Waals surface area contributed by atoms with E-state index < -0.39 is 44.6 Å². The number of alkyl halides is 3. The summed E-state index contributed by atoms with van der Waals surface area (Å²) in [6.45, 7) is 2.59. The summed E-state index contributed by atoms with van der Waals surface area (Å²) in [5.41, 5.74) is -3.44. The molecule has 1 fully saturated rings. The van der Waals surface area contributed by atoms with Crippen LogP contribution in [0.25, 0.3) is 0 Å². The van der Waals surface area contributed by atoms with Crippen molar-refractivity contribution in [3.05, 3.63) is 59.2 Å². The van der Waals surface area contributed by atoms with Crippen LogP contribution in [0.1, 0.15) is 30.5 Å². The van der Waals surface area contributed by atoms with Gasteiger partial charge in [0.1, 0.15) is 5.54 Å². The lowest BCUT2D eigenvalue weighted by Crippen LogP contribution is -2.43. The zero-order chi connectivity index (χ0) is 24.1. The molecule has 0 spiro atoms. The Hall–Kier alpha value is -3.39. The molecule has 0 unspecified atom stereocenters. The van der Waals surface area contributed by atoms with Crippen LogP contribution in [-0.2, 0) is 27.4 Å². The molecule has 3 amide bonds. The van der Waals surface area contributed by atoms with E-state index in [-0.39, 0.29) is 22.7 Å². The Bertz CT molecular complexity index is 1260. The number of hydrogen-bond acceptors (Lipinski definition) is 5. The first-order valence-electron chi connectivity index (χ1n) is 9.25. The van der Waals surface area contributed by atoms with Crippen molar-refractivity contribution in [1.82, 2.24) is 4.90 Å². The Kier molecular flexibility index (Phi) is 5.55. The molecule has 0 aromatic heterocycles. The fraction of sp³-hybridized carbons (Fsp3) is 0.286. The van der Waals surface area contributed by atoms with Crippen molar-refractivity contribution in [3.8, 4) is 6.07 Å². The zero-order valence-electron chi connectivity index (χ0n) is 17.3. The maximum Gasteiger partial charge on any atom is 0.417 e. The van der Waals surface area contributed by atoms with Gasteiger partial charge in [-0.2, -0.15) is 18.4 Å². The summed E-state index contributed by atoms with van der Waals surface area (Å²) in [7, 11) is -3.63. The second kappa shape index (κ2) is 7.63. The highest BCUT2D eigenvalue weighted by Crippen LogP contribution is 2.38. The molecule has 32 heavy (non-hydrogen) atoms. The number of anilines is 1. The monoisotopic (exact) mass is 465 g/mol. The summed E-state index contributed by atoms with van der Waals surface area (Å²) < 4.78 is 64.3. The van der Waals surface area contributed by atoms with Crippen LogP contribution in [0.5, 0.6) is 0 Å². The van der Waals surface area contributed by atoms with E-state index in [1.807, 2.05) is 0 Å². The Labute approximate surface area is 182 Å². The third kappa shape index (κ3) is 3.93. The van der Waals surface area contributed by atoms with Crippen molar-refractivity contribution in [2.45, 2.75) is 37.0 Å². The molecule has 1 saturated heterocycles. The smallest absolute Gasteiger partial charge is 0.305 e. The normalized spacial score (nSPS) is 16.4. The van der Waals surface area contributed by atoms with E-state index in [4.69, 9.17) is 5.26 Å². The molecule has 0 aliphatic carbocycles. The molecule has 0 saturated carbocycles. The van der Waals surface area contributed by atoms with Gasteiger partial charge in [0.25, 0.3) is 5.91 Å². The molecule has 1 heterocycles. The van der Waals surface area contributed by atoms with Gasteiger partial charge in [-0.05, 0) is 43.7 Å². The van der Waals surface area contributed by atoms with E-state index in [0.29, 0.717) is 11.0 Å². The van der Waals surface area contributed by atoms with Crippen LogP contribution in [0.15, 0.2) is 47.4 Å². The number of benzene rings is 2. The molecule has 0 bridgehead atoms. The van der Waals surface area contributed by atoms with Crippen molar-refractivity contribution < 1.29 is 31.2 Å². The number of amides is 3. The highest BCUT2D eigenvalue weighted by Gasteiger charge is 2.52. The Morgan fingerprint density at radius 1 is 1.09 bits per heavy atom. The minimum absolute atomic E-state index is 0.0211. The lowest BCUT2D eigenvalue weighted by Gasteiger charge is -2.28. The highest BCUT2D eigenvalue weighted by atomic mass is 32.2. The maximum atomic E-state index is 13.4. The van der Waals surface area contributed by atoms with Gasteiger partial charge in [-0.1, -0.05) is 18.2 Å². The van der Waals surface area contributed by atoms with Crippen LogP contribution >= 0.6 is 0 Å². The molecule has 0 atom stereocenters. The Morgan fingerprint density at radius 2 is 1.72 bits per heavy atom. The van der Waals surface area contributed by atoms with E-state index >= 15 is 0 Å². The lowest BCUT2D eigenvalue weighted by molar-refractivity contribution is -0.137. The molecule has 11 heteroatoms. The number of nitrogens with zero attached hydrogens (tertiary/aromatic N) is 3. The van der Waals surface area contributed by atoms with E-state index in [9.17, 15) is 31.2 Å². The molecule has 1 aliphatic rings. The first-order valence-corrected chi connectivity index (χ1v) is 11.1. The third-order valence-electron chi connectivity index (χ3n) is 5.21. The molecule has 168 valence electrons. The van der Waals surface area contributed by atoms with Crippen molar-refractivity contribution in [1.29, 1.82) is 5.26 Å². The van der Waals surface area contributed by atoms with Crippen molar-refractivity contribution in [3.63, 3.8) is 0 Å². The number of imide groups is 1. The summed E-state index contributed by atoms with van der Waals surface area (Å²) in [5.74, 6) is -0.780. The standard InChI is InChI=1S/C21H18F3N3O4S/c1-20(2)18(28)27(15-9-8-13(11-25)16(10-15)21(22,23)24)19(29)26(20)12-14-6-4-5-7-17(14)32(3,30)31/h4-10H,12H2,1-3H3. The highest BCUT2D eigenvalue weighted by molar-refractivity contribution is 7.90. The number of carbonyl (C=O) groups excluding carboxylic acids is 2. The molecule has 3 rings (SSSR count). The van der Waals surface area contributed by atoms with Gasteiger partial charge in [0, 0.05) is 12.8 Å². The Balaban J connectivity index is 2.07. The molecule has 2 aromatic rings. The zero-order valence-corrected chi connectivity index (χ0v) is 18.1. The summed E-state index contributed by atoms with van der Waals surface area (Å²) >= 11 is 0. The number of carbonyl (C=O) groups is 2. The molecule has 2 aromatic carbocycles. The van der Waals surface area contributed by atoms with E-state index in [2.05, 4.69) is 0 Å². The quantitative estimate of drug-likeness (QED) is 0.641. The van der Waals surface area contributed by atoms with Crippen LogP contribution in [0, 0.1) is 11.3 Å². The van der Waals surface area contributed by atoms with Crippen molar-refractivity contribution >= 4 is 27.5 Å². The summed E-state index contributed by atoms with van der Waals surface area (Å²) in [4.78, 5) is 27.9. The lowest BCUT2D eigenvalue weighted by atomic mass is 10.0. The van der Waals surface area contributed by atoms with E-state index in [1.54, 1.807) is 6.07 Å². The predicted octanol–water partition coefficient (Wildman–Crippen LogP) is 3.73. The van der Waals surface area contributed by atoms with Gasteiger partial charge < -0.3 is 4.90 Å². The summed E-state index contributed by atoms with van der Waals surface area (Å²) in [6.07, 6.45) is -3.85. The van der Waals surface area contributed by atoms with Gasteiger partial charge in [-0.3, -0.25) is 4.79 Å². The second-order valence-electron chi connectivity index (χ2n) is 7.79. The number of sulfone groups is 1. The number of urea groups is 1. The van der Waals surface area contributed by atoms with E-state index in [0.717, 1.165) is 23.3 Å². The average molecular weight is 465 g/mol. The number of halogens is 3. The molecule has 1 aliphatic heterocycles. The predicted molar refractivity (Wildman–Crippen MR) is 108 cm³/mol. The fourth-order valence-electron chi connectivity index (χ4n) is 3.50. The van der Waals surface area contributed by atoms with Gasteiger partial charge in [0.15, 0.2) is 9.84 Å². The number of nitriles is 1. The van der Waals surface area contributed by atoms with E-state index in [1.165, 1.54) is 38.1 Å². The molecular formula is C21H18F3N3O4S. The van der Waals surface area contributed by atoms with Crippen LogP contribution in [0.3, 0.4) is 0 Å². The number of hydrogen-bond donors (Lipinski definition) is 0. The summed E-state index contributed by atoms with van der Waals surface area (Å²) in [6, 6.07) is 9.07. The third-order valence-corrected chi connectivity index (χ3v) is 6.41. The molecule has 0 N–H and O–H groups in total. The van der Waals surface area contributed by atoms with Gasteiger partial charge in [0.2, 0.25) is 0 Å². The molecule has 0 radical (unpaired) electrons. The number of rotatable bonds is 4. The fourth-order valence-corrected chi connectivity index (χ4v) is 4.43. The van der Waals surface area contributed by atoms with Crippen LogP contribution in [-0.4, -0.2) is 37.1 Å². The molecular weight excluding hydrogens is 447 g/mol. The first-order chi connectivity index (χ1) is 14.7. The average Bonchev–Trinajstić information content (AvgIpc) is 2.86. The van der Waals surface area contributed by atoms with Crippen LogP contribution in [0.4, 0.5) is 23.7 Å². The minimum Gasteiger partial charge on any atom is -0.305 e. The van der Waals surface area contributed by atoms with Crippen molar-refractivity contribution in [2.24, 2.45) is 0 Å². The minimum atomic E-state index is -4.86. The maximum absolute atomic E-state index is 13.4. The Morgan fingerprint density at radius 3 is 2.28 bits per heavy atom. The second-order valence-corrected chi connectivity index (χ2v) is 9.77. The molecule has 7 nitrogen and oxygen atoms in total. The van der Waals surface area contributed by atoms with Crippen LogP contribution < -0.4 is 4.90 Å². The van der Waals surface area contributed by atoms with Gasteiger partial charge in [0.05, 0.1) is 27.8 Å². The van der Waals surface area contributed by atoms with Crippen molar-refractivity contribution in [2.75, 3.05) is 11.2 Å². The first kappa shape index (κ1) is 23.3. The summed E-state index contributed by atoms with van der Waals surface area (Å²) in [5, 5.41) is 8.97. The van der Waals surface area contributed by atoms with Gasteiger partial charge in [-0.25, -0.2) is 18.1 Å².